The molecule has 0 aromatic carbocycles. The lowest BCUT2D eigenvalue weighted by Gasteiger charge is -2.23. The maximum atomic E-state index is 11.6. The van der Waals surface area contributed by atoms with Crippen molar-refractivity contribution >= 4 is 11.9 Å². The minimum Gasteiger partial charge on any atom is -0.481 e. The fourth-order valence-corrected chi connectivity index (χ4v) is 2.28. The molecule has 5 nitrogen and oxygen atoms in total. The highest BCUT2D eigenvalue weighted by atomic mass is 16.4. The Morgan fingerprint density at radius 3 is 2.53 bits per heavy atom. The van der Waals surface area contributed by atoms with Crippen LogP contribution >= 0.6 is 0 Å². The van der Waals surface area contributed by atoms with Crippen LogP contribution in [0.15, 0.2) is 0 Å². The Bertz CT molecular complexity index is 304. The van der Waals surface area contributed by atoms with Crippen molar-refractivity contribution in [3.63, 3.8) is 0 Å². The zero-order valence-electron chi connectivity index (χ0n) is 10.8. The van der Waals surface area contributed by atoms with Crippen molar-refractivity contribution in [1.29, 1.82) is 0 Å². The summed E-state index contributed by atoms with van der Waals surface area (Å²) in [5, 5.41) is 12.1. The first-order valence-corrected chi connectivity index (χ1v) is 6.15. The quantitative estimate of drug-likeness (QED) is 0.744. The number of aliphatic carboxylic acids is 1. The van der Waals surface area contributed by atoms with Gasteiger partial charge >= 0.3 is 5.97 Å². The van der Waals surface area contributed by atoms with Crippen molar-refractivity contribution in [1.82, 2.24) is 10.2 Å². The third-order valence-electron chi connectivity index (χ3n) is 3.38. The highest BCUT2D eigenvalue weighted by Gasteiger charge is 2.43. The molecule has 1 unspecified atom stereocenters. The fraction of sp³-hybridized carbons (Fsp3) is 0.833. The van der Waals surface area contributed by atoms with Crippen LogP contribution in [0.1, 0.15) is 33.6 Å². The smallest absolute Gasteiger partial charge is 0.310 e. The number of carboxylic acids is 1. The molecule has 1 amide bonds. The maximum Gasteiger partial charge on any atom is 0.310 e. The summed E-state index contributed by atoms with van der Waals surface area (Å²) in [5.74, 6) is -0.774. The van der Waals surface area contributed by atoms with Crippen LogP contribution in [0.4, 0.5) is 0 Å². The summed E-state index contributed by atoms with van der Waals surface area (Å²) in [6, 6.07) is 0.125. The second kappa shape index (κ2) is 5.49. The average molecular weight is 242 g/mol. The molecule has 98 valence electrons. The second-order valence-corrected chi connectivity index (χ2v) is 5.12. The number of nitrogens with zero attached hydrogens (tertiary/aromatic N) is 1. The Labute approximate surface area is 102 Å². The summed E-state index contributed by atoms with van der Waals surface area (Å²) in [4.78, 5) is 24.7. The first-order chi connectivity index (χ1) is 7.89. The van der Waals surface area contributed by atoms with Crippen molar-refractivity contribution in [2.45, 2.75) is 39.7 Å². The van der Waals surface area contributed by atoms with Gasteiger partial charge in [-0.1, -0.05) is 6.92 Å². The molecule has 0 aromatic rings. The SMILES string of the molecule is CCC1(C(=O)O)CCN(CC(=O)NC(C)C)C1. The van der Waals surface area contributed by atoms with Crippen LogP contribution in [0.2, 0.25) is 0 Å². The third kappa shape index (κ3) is 3.43. The third-order valence-corrected chi connectivity index (χ3v) is 3.38. The van der Waals surface area contributed by atoms with Crippen LogP contribution in [0.3, 0.4) is 0 Å². The summed E-state index contributed by atoms with van der Waals surface area (Å²) in [6.07, 6.45) is 1.25. The molecule has 1 fully saturated rings. The first-order valence-electron chi connectivity index (χ1n) is 6.15. The van der Waals surface area contributed by atoms with Crippen LogP contribution in [0.5, 0.6) is 0 Å². The number of carboxylic acid groups (broad SMARTS) is 1. The fourth-order valence-electron chi connectivity index (χ4n) is 2.28. The van der Waals surface area contributed by atoms with Gasteiger partial charge in [-0.05, 0) is 33.2 Å². The van der Waals surface area contributed by atoms with E-state index in [-0.39, 0.29) is 11.9 Å². The number of likely N-dealkylation sites (tertiary alicyclic amines) is 1. The van der Waals surface area contributed by atoms with Crippen molar-refractivity contribution < 1.29 is 14.7 Å². The molecule has 0 saturated carbocycles. The van der Waals surface area contributed by atoms with Crippen LogP contribution in [0, 0.1) is 5.41 Å². The summed E-state index contributed by atoms with van der Waals surface area (Å²) >= 11 is 0. The molecule has 17 heavy (non-hydrogen) atoms. The molecular formula is C12H22N2O3. The van der Waals surface area contributed by atoms with E-state index in [1.54, 1.807) is 0 Å². The maximum absolute atomic E-state index is 11.6. The number of amides is 1. The lowest BCUT2D eigenvalue weighted by Crippen LogP contribution is -2.41. The van der Waals surface area contributed by atoms with Crippen molar-refractivity contribution in [3.8, 4) is 0 Å². The van der Waals surface area contributed by atoms with Crippen LogP contribution in [-0.4, -0.2) is 47.6 Å². The van der Waals surface area contributed by atoms with Crippen LogP contribution in [0.25, 0.3) is 0 Å². The lowest BCUT2D eigenvalue weighted by molar-refractivity contribution is -0.148. The van der Waals surface area contributed by atoms with Gasteiger partial charge in [-0.15, -0.1) is 0 Å². The lowest BCUT2D eigenvalue weighted by atomic mass is 9.84. The summed E-state index contributed by atoms with van der Waals surface area (Å²) in [5.41, 5.74) is -0.655. The van der Waals surface area contributed by atoms with Gasteiger partial charge in [-0.2, -0.15) is 0 Å². The number of rotatable bonds is 5. The molecule has 1 aliphatic rings. The van der Waals surface area contributed by atoms with E-state index in [9.17, 15) is 14.7 Å². The van der Waals surface area contributed by atoms with Gasteiger partial charge in [-0.25, -0.2) is 0 Å². The van der Waals surface area contributed by atoms with Crippen LogP contribution in [-0.2, 0) is 9.59 Å². The van der Waals surface area contributed by atoms with Gasteiger partial charge in [0.2, 0.25) is 5.91 Å². The molecule has 1 heterocycles. The van der Waals surface area contributed by atoms with Gasteiger partial charge in [0, 0.05) is 12.6 Å². The van der Waals surface area contributed by atoms with Gasteiger partial charge in [0.15, 0.2) is 0 Å². The number of carbonyl (C=O) groups is 2. The molecule has 1 rings (SSSR count). The van der Waals surface area contributed by atoms with Gasteiger partial charge in [0.1, 0.15) is 0 Å². The first kappa shape index (κ1) is 14.0. The highest BCUT2D eigenvalue weighted by Crippen LogP contribution is 2.33. The zero-order valence-corrected chi connectivity index (χ0v) is 10.8. The molecule has 2 N–H and O–H groups in total. The van der Waals surface area contributed by atoms with Crippen LogP contribution < -0.4 is 5.32 Å². The normalized spacial score (nSPS) is 25.2. The van der Waals surface area contributed by atoms with Crippen molar-refractivity contribution in [3.05, 3.63) is 0 Å². The number of hydrogen-bond acceptors (Lipinski definition) is 3. The van der Waals surface area contributed by atoms with Crippen molar-refractivity contribution in [2.75, 3.05) is 19.6 Å². The van der Waals surface area contributed by atoms with E-state index in [0.29, 0.717) is 32.5 Å². The Kier molecular flexibility index (Phi) is 4.51. The summed E-state index contributed by atoms with van der Waals surface area (Å²) in [6.45, 7) is 7.18. The Morgan fingerprint density at radius 1 is 1.47 bits per heavy atom. The van der Waals surface area contributed by atoms with Gasteiger partial charge in [0.25, 0.3) is 0 Å². The highest BCUT2D eigenvalue weighted by molar-refractivity contribution is 5.79. The van der Waals surface area contributed by atoms with E-state index in [1.165, 1.54) is 0 Å². The average Bonchev–Trinajstić information content (AvgIpc) is 2.61. The molecule has 0 bridgehead atoms. The van der Waals surface area contributed by atoms with E-state index >= 15 is 0 Å². The number of hydrogen-bond donors (Lipinski definition) is 2. The van der Waals surface area contributed by atoms with Gasteiger partial charge in [-0.3, -0.25) is 14.5 Å². The molecule has 0 aliphatic carbocycles. The number of carbonyl (C=O) groups excluding carboxylic acids is 1. The molecular weight excluding hydrogens is 220 g/mol. The summed E-state index contributed by atoms with van der Waals surface area (Å²) in [7, 11) is 0. The van der Waals surface area contributed by atoms with Gasteiger partial charge < -0.3 is 10.4 Å². The second-order valence-electron chi connectivity index (χ2n) is 5.12. The largest absolute Gasteiger partial charge is 0.481 e. The van der Waals surface area contributed by atoms with E-state index < -0.39 is 11.4 Å². The Morgan fingerprint density at radius 2 is 2.12 bits per heavy atom. The monoisotopic (exact) mass is 242 g/mol. The molecule has 1 atom stereocenters. The van der Waals surface area contributed by atoms with Crippen molar-refractivity contribution in [2.24, 2.45) is 5.41 Å². The Hall–Kier alpha value is -1.10. The minimum atomic E-state index is -0.744. The standard InChI is InChI=1S/C12H22N2O3/c1-4-12(11(16)17)5-6-14(8-12)7-10(15)13-9(2)3/h9H,4-8H2,1-3H3,(H,13,15)(H,16,17). The molecule has 5 heteroatoms. The van der Waals surface area contributed by atoms with E-state index in [1.807, 2.05) is 25.7 Å². The van der Waals surface area contributed by atoms with E-state index in [0.717, 1.165) is 0 Å². The predicted molar refractivity (Wildman–Crippen MR) is 64.7 cm³/mol. The predicted octanol–water partition coefficient (Wildman–Crippen LogP) is 0.698. The summed E-state index contributed by atoms with van der Waals surface area (Å²) < 4.78 is 0. The minimum absolute atomic E-state index is 0.0303. The Balaban J connectivity index is 2.50. The topological polar surface area (TPSA) is 69.6 Å². The molecule has 0 aromatic heterocycles. The molecule has 1 saturated heterocycles. The molecule has 0 spiro atoms. The van der Waals surface area contributed by atoms with E-state index in [4.69, 9.17) is 0 Å². The van der Waals surface area contributed by atoms with Gasteiger partial charge in [0.05, 0.1) is 12.0 Å². The van der Waals surface area contributed by atoms with E-state index in [2.05, 4.69) is 5.32 Å². The zero-order chi connectivity index (χ0) is 13.1. The molecule has 1 aliphatic heterocycles. The molecule has 0 radical (unpaired) electrons. The number of nitrogens with one attached hydrogen (secondary N) is 1.